The number of hydrogen-bond donors (Lipinski definition) is 3. The highest BCUT2D eigenvalue weighted by Crippen LogP contribution is 2.13. The zero-order chi connectivity index (χ0) is 21.1. The minimum atomic E-state index is -0.935. The van der Waals surface area contributed by atoms with Crippen LogP contribution < -0.4 is 16.0 Å². The Morgan fingerprint density at radius 2 is 1.75 bits per heavy atom. The summed E-state index contributed by atoms with van der Waals surface area (Å²) in [5.74, 6) is -2.18. The number of amides is 4. The monoisotopic (exact) mass is 411 g/mol. The van der Waals surface area contributed by atoms with E-state index in [0.717, 1.165) is 6.42 Å². The van der Waals surface area contributed by atoms with Crippen LogP contribution in [0.1, 0.15) is 44.0 Å². The maximum absolute atomic E-state index is 12.4. The summed E-state index contributed by atoms with van der Waals surface area (Å²) >= 11 is 5.81. The van der Waals surface area contributed by atoms with E-state index in [-0.39, 0.29) is 5.92 Å². The van der Waals surface area contributed by atoms with Gasteiger partial charge in [-0.2, -0.15) is 0 Å². The maximum atomic E-state index is 12.4. The quantitative estimate of drug-likeness (QED) is 0.539. The summed E-state index contributed by atoms with van der Waals surface area (Å²) in [5, 5.41) is 7.65. The van der Waals surface area contributed by atoms with Gasteiger partial charge >= 0.3 is 12.0 Å². The summed E-state index contributed by atoms with van der Waals surface area (Å²) in [6.45, 7) is 5.32. The molecule has 0 aliphatic carbocycles. The van der Waals surface area contributed by atoms with Crippen LogP contribution in [0.5, 0.6) is 0 Å². The number of rotatable bonds is 9. The third kappa shape index (κ3) is 7.96. The largest absolute Gasteiger partial charge is 0.454 e. The topological polar surface area (TPSA) is 114 Å². The molecule has 2 atom stereocenters. The second-order valence-electron chi connectivity index (χ2n) is 6.26. The molecule has 2 unspecified atom stereocenters. The van der Waals surface area contributed by atoms with Gasteiger partial charge in [0.1, 0.15) is 6.04 Å². The predicted molar refractivity (Wildman–Crippen MR) is 105 cm³/mol. The Balaban J connectivity index is 2.64. The summed E-state index contributed by atoms with van der Waals surface area (Å²) in [4.78, 5) is 47.9. The van der Waals surface area contributed by atoms with Crippen molar-refractivity contribution in [1.82, 2.24) is 16.0 Å². The van der Waals surface area contributed by atoms with E-state index in [0.29, 0.717) is 23.6 Å². The second kappa shape index (κ2) is 12.0. The van der Waals surface area contributed by atoms with Crippen LogP contribution in [0.2, 0.25) is 5.02 Å². The van der Waals surface area contributed by atoms with Gasteiger partial charge in [0.25, 0.3) is 11.8 Å². The summed E-state index contributed by atoms with van der Waals surface area (Å²) in [6, 6.07) is 4.63. The smallest absolute Gasteiger partial charge is 0.329 e. The zero-order valence-corrected chi connectivity index (χ0v) is 17.0. The van der Waals surface area contributed by atoms with Gasteiger partial charge in [-0.25, -0.2) is 9.59 Å². The van der Waals surface area contributed by atoms with Gasteiger partial charge in [0, 0.05) is 17.1 Å². The van der Waals surface area contributed by atoms with Crippen molar-refractivity contribution in [3.05, 3.63) is 34.9 Å². The normalized spacial score (nSPS) is 12.4. The number of carbonyl (C=O) groups excluding carboxylic acids is 4. The van der Waals surface area contributed by atoms with Crippen molar-refractivity contribution in [3.8, 4) is 0 Å². The molecule has 0 bridgehead atoms. The molecule has 28 heavy (non-hydrogen) atoms. The first-order valence-electron chi connectivity index (χ1n) is 9.09. The number of hydrogen-bond acceptors (Lipinski definition) is 5. The summed E-state index contributed by atoms with van der Waals surface area (Å²) in [6.07, 6.45) is 1.33. The third-order valence-corrected chi connectivity index (χ3v) is 4.25. The fraction of sp³-hybridized carbons (Fsp3) is 0.474. The summed E-state index contributed by atoms with van der Waals surface area (Å²) in [5.41, 5.74) is 0.343. The highest BCUT2D eigenvalue weighted by Gasteiger charge is 2.28. The highest BCUT2D eigenvalue weighted by molar-refractivity contribution is 6.30. The molecule has 0 radical (unpaired) electrons. The Kier molecular flexibility index (Phi) is 10.0. The number of halogens is 1. The van der Waals surface area contributed by atoms with E-state index in [1.807, 2.05) is 13.8 Å². The Morgan fingerprint density at radius 1 is 1.11 bits per heavy atom. The molecular weight excluding hydrogens is 386 g/mol. The van der Waals surface area contributed by atoms with Gasteiger partial charge in [0.15, 0.2) is 6.61 Å². The third-order valence-electron chi connectivity index (χ3n) is 3.99. The molecule has 0 saturated heterocycles. The molecule has 0 fully saturated rings. The van der Waals surface area contributed by atoms with Crippen molar-refractivity contribution in [2.24, 2.45) is 5.92 Å². The van der Waals surface area contributed by atoms with Gasteiger partial charge in [-0.15, -0.1) is 0 Å². The average Bonchev–Trinajstić information content (AvgIpc) is 2.68. The first-order chi connectivity index (χ1) is 13.3. The lowest BCUT2D eigenvalue weighted by atomic mass is 9.99. The molecule has 1 rings (SSSR count). The van der Waals surface area contributed by atoms with E-state index in [2.05, 4.69) is 16.0 Å². The Morgan fingerprint density at radius 3 is 2.32 bits per heavy atom. The number of benzene rings is 1. The van der Waals surface area contributed by atoms with Crippen LogP contribution in [0.15, 0.2) is 24.3 Å². The lowest BCUT2D eigenvalue weighted by Crippen LogP contribution is -2.47. The van der Waals surface area contributed by atoms with Gasteiger partial charge in [-0.05, 0) is 36.6 Å². The molecule has 0 aliphatic heterocycles. The van der Waals surface area contributed by atoms with Crippen LogP contribution >= 0.6 is 11.6 Å². The Hall–Kier alpha value is -2.61. The van der Waals surface area contributed by atoms with E-state index < -0.39 is 36.5 Å². The maximum Gasteiger partial charge on any atom is 0.329 e. The molecule has 3 N–H and O–H groups in total. The van der Waals surface area contributed by atoms with Crippen molar-refractivity contribution in [2.75, 3.05) is 13.2 Å². The number of imide groups is 1. The van der Waals surface area contributed by atoms with Crippen molar-refractivity contribution in [2.45, 2.75) is 39.7 Å². The molecule has 4 amide bonds. The number of nitrogens with one attached hydrogen (secondary N) is 3. The van der Waals surface area contributed by atoms with Crippen molar-refractivity contribution in [1.29, 1.82) is 0 Å². The molecule has 0 heterocycles. The predicted octanol–water partition coefficient (Wildman–Crippen LogP) is 2.26. The lowest BCUT2D eigenvalue weighted by molar-refractivity contribution is -0.151. The molecule has 0 aromatic heterocycles. The molecule has 154 valence electrons. The Bertz CT molecular complexity index is 693. The van der Waals surface area contributed by atoms with Crippen LogP contribution in [0.3, 0.4) is 0 Å². The first kappa shape index (κ1) is 23.4. The molecule has 1 aromatic carbocycles. The van der Waals surface area contributed by atoms with Crippen molar-refractivity contribution in [3.63, 3.8) is 0 Å². The van der Waals surface area contributed by atoms with Crippen LogP contribution in [-0.4, -0.2) is 43.0 Å². The first-order valence-corrected chi connectivity index (χ1v) is 9.47. The summed E-state index contributed by atoms with van der Waals surface area (Å²) in [7, 11) is 0. The van der Waals surface area contributed by atoms with E-state index >= 15 is 0 Å². The molecular formula is C19H26ClN3O5. The van der Waals surface area contributed by atoms with Gasteiger partial charge in [-0.3, -0.25) is 14.9 Å². The lowest BCUT2D eigenvalue weighted by Gasteiger charge is -2.22. The molecule has 8 nitrogen and oxygen atoms in total. The molecule has 0 saturated carbocycles. The number of ether oxygens (including phenoxy) is 1. The van der Waals surface area contributed by atoms with E-state index in [1.165, 1.54) is 0 Å². The minimum absolute atomic E-state index is 0.223. The van der Waals surface area contributed by atoms with Crippen LogP contribution in [-0.2, 0) is 14.3 Å². The van der Waals surface area contributed by atoms with E-state index in [1.54, 1.807) is 31.2 Å². The van der Waals surface area contributed by atoms with Gasteiger partial charge in [-0.1, -0.05) is 38.8 Å². The number of esters is 1. The second-order valence-corrected chi connectivity index (χ2v) is 6.69. The summed E-state index contributed by atoms with van der Waals surface area (Å²) < 4.78 is 4.98. The average molecular weight is 412 g/mol. The minimum Gasteiger partial charge on any atom is -0.454 e. The molecule has 0 aliphatic rings. The Labute approximate surface area is 169 Å². The molecule has 1 aromatic rings. The van der Waals surface area contributed by atoms with E-state index in [4.69, 9.17) is 16.3 Å². The van der Waals surface area contributed by atoms with E-state index in [9.17, 15) is 19.2 Å². The molecule has 9 heteroatoms. The van der Waals surface area contributed by atoms with Gasteiger partial charge in [0.2, 0.25) is 0 Å². The SMILES string of the molecule is CCCNC(=O)NC(=O)COC(=O)C(NC(=O)c1ccc(Cl)cc1)C(C)CC. The fourth-order valence-corrected chi connectivity index (χ4v) is 2.29. The van der Waals surface area contributed by atoms with Gasteiger partial charge < -0.3 is 15.4 Å². The van der Waals surface area contributed by atoms with Crippen molar-refractivity contribution >= 4 is 35.4 Å². The molecule has 0 spiro atoms. The van der Waals surface area contributed by atoms with Crippen molar-refractivity contribution < 1.29 is 23.9 Å². The highest BCUT2D eigenvalue weighted by atomic mass is 35.5. The number of carbonyl (C=O) groups is 4. The standard InChI is InChI=1S/C19H26ClN3O5/c1-4-10-21-19(27)22-15(24)11-28-18(26)16(12(3)5-2)23-17(25)13-6-8-14(20)9-7-13/h6-9,12,16H,4-5,10-11H2,1-3H3,(H,23,25)(H2,21,22,24,27). The fourth-order valence-electron chi connectivity index (χ4n) is 2.17. The van der Waals surface area contributed by atoms with Crippen LogP contribution in [0.25, 0.3) is 0 Å². The van der Waals surface area contributed by atoms with Gasteiger partial charge in [0.05, 0.1) is 0 Å². The van der Waals surface area contributed by atoms with Crippen LogP contribution in [0.4, 0.5) is 4.79 Å². The zero-order valence-electron chi connectivity index (χ0n) is 16.2. The number of urea groups is 1. The van der Waals surface area contributed by atoms with Crippen LogP contribution in [0, 0.1) is 5.92 Å².